The smallest absolute Gasteiger partial charge is 0.0992 e. The van der Waals surface area contributed by atoms with E-state index in [9.17, 15) is 0 Å². The maximum atomic E-state index is 8.73. The van der Waals surface area contributed by atoms with E-state index >= 15 is 0 Å². The molecule has 0 fully saturated rings. The fourth-order valence-electron chi connectivity index (χ4n) is 1.40. The predicted molar refractivity (Wildman–Crippen MR) is 78.8 cm³/mol. The molecule has 0 saturated carbocycles. The van der Waals surface area contributed by atoms with Gasteiger partial charge in [0.15, 0.2) is 0 Å². The number of nitriles is 1. The zero-order chi connectivity index (χ0) is 13.7. The number of nitrogens with zero attached hydrogens (tertiary/aromatic N) is 2. The van der Waals surface area contributed by atoms with Crippen LogP contribution >= 0.6 is 23.2 Å². The van der Waals surface area contributed by atoms with Gasteiger partial charge in [-0.2, -0.15) is 10.4 Å². The van der Waals surface area contributed by atoms with Crippen LogP contribution in [-0.4, -0.2) is 6.21 Å². The molecular formula is C14H9Cl2N3. The summed E-state index contributed by atoms with van der Waals surface area (Å²) in [6.07, 6.45) is 1.66. The van der Waals surface area contributed by atoms with E-state index in [1.165, 1.54) is 0 Å². The SMILES string of the molecule is N#Cc1ccc(N/N=C\c2ccc(Cl)cc2)c(Cl)c1. The summed E-state index contributed by atoms with van der Waals surface area (Å²) in [5, 5.41) is 13.9. The van der Waals surface area contributed by atoms with Crippen LogP contribution in [0.5, 0.6) is 0 Å². The Balaban J connectivity index is 2.06. The molecule has 2 aromatic carbocycles. The van der Waals surface area contributed by atoms with Crippen molar-refractivity contribution in [2.45, 2.75) is 0 Å². The Morgan fingerprint density at radius 1 is 1.11 bits per heavy atom. The zero-order valence-corrected chi connectivity index (χ0v) is 11.3. The Bertz CT molecular complexity index is 643. The van der Waals surface area contributed by atoms with Crippen LogP contribution in [0, 0.1) is 11.3 Å². The molecule has 3 nitrogen and oxygen atoms in total. The van der Waals surface area contributed by atoms with E-state index in [2.05, 4.69) is 10.5 Å². The third kappa shape index (κ3) is 3.72. The van der Waals surface area contributed by atoms with Crippen molar-refractivity contribution in [3.05, 3.63) is 63.6 Å². The first-order valence-corrected chi connectivity index (χ1v) is 6.19. The van der Waals surface area contributed by atoms with Gasteiger partial charge in [0.1, 0.15) is 0 Å². The van der Waals surface area contributed by atoms with Crippen molar-refractivity contribution in [1.82, 2.24) is 0 Å². The highest BCUT2D eigenvalue weighted by Crippen LogP contribution is 2.22. The second-order valence-electron chi connectivity index (χ2n) is 3.73. The van der Waals surface area contributed by atoms with Gasteiger partial charge >= 0.3 is 0 Å². The van der Waals surface area contributed by atoms with Gasteiger partial charge in [-0.25, -0.2) is 0 Å². The molecule has 1 N–H and O–H groups in total. The van der Waals surface area contributed by atoms with E-state index in [4.69, 9.17) is 28.5 Å². The van der Waals surface area contributed by atoms with Gasteiger partial charge in [0.2, 0.25) is 0 Å². The topological polar surface area (TPSA) is 48.2 Å². The van der Waals surface area contributed by atoms with Gasteiger partial charge in [-0.3, -0.25) is 5.43 Å². The van der Waals surface area contributed by atoms with Crippen molar-refractivity contribution >= 4 is 35.1 Å². The molecule has 2 rings (SSSR count). The highest BCUT2D eigenvalue weighted by Gasteiger charge is 1.99. The summed E-state index contributed by atoms with van der Waals surface area (Å²) in [5.74, 6) is 0. The van der Waals surface area contributed by atoms with Crippen LogP contribution in [-0.2, 0) is 0 Å². The summed E-state index contributed by atoms with van der Waals surface area (Å²) in [6, 6.07) is 14.3. The van der Waals surface area contributed by atoms with Crippen LogP contribution in [0.3, 0.4) is 0 Å². The molecule has 0 aliphatic carbocycles. The van der Waals surface area contributed by atoms with E-state index in [0.29, 0.717) is 21.3 Å². The van der Waals surface area contributed by atoms with Crippen molar-refractivity contribution in [2.75, 3.05) is 5.43 Å². The minimum absolute atomic E-state index is 0.451. The monoisotopic (exact) mass is 289 g/mol. The van der Waals surface area contributed by atoms with Gasteiger partial charge < -0.3 is 0 Å². The number of hydrogen-bond donors (Lipinski definition) is 1. The van der Waals surface area contributed by atoms with Crippen LogP contribution in [0.15, 0.2) is 47.6 Å². The van der Waals surface area contributed by atoms with E-state index in [1.807, 2.05) is 18.2 Å². The molecule has 0 unspecified atom stereocenters. The average Bonchev–Trinajstić information content (AvgIpc) is 2.42. The Morgan fingerprint density at radius 3 is 2.47 bits per heavy atom. The maximum Gasteiger partial charge on any atom is 0.0992 e. The van der Waals surface area contributed by atoms with Crippen LogP contribution in [0.4, 0.5) is 5.69 Å². The van der Waals surface area contributed by atoms with Crippen LogP contribution < -0.4 is 5.43 Å². The molecule has 0 aromatic heterocycles. The lowest BCUT2D eigenvalue weighted by atomic mass is 10.2. The first kappa shape index (κ1) is 13.4. The number of hydrogen-bond acceptors (Lipinski definition) is 3. The average molecular weight is 290 g/mol. The van der Waals surface area contributed by atoms with Crippen LogP contribution in [0.1, 0.15) is 11.1 Å². The molecule has 0 heterocycles. The van der Waals surface area contributed by atoms with Gasteiger partial charge in [-0.1, -0.05) is 35.3 Å². The number of benzene rings is 2. The number of anilines is 1. The highest BCUT2D eigenvalue weighted by atomic mass is 35.5. The number of hydrazone groups is 1. The summed E-state index contributed by atoms with van der Waals surface area (Å²) < 4.78 is 0. The number of halogens is 2. The number of nitrogens with one attached hydrogen (secondary N) is 1. The molecule has 0 radical (unpaired) electrons. The predicted octanol–water partition coefficient (Wildman–Crippen LogP) is 4.31. The largest absolute Gasteiger partial charge is 0.277 e. The first-order chi connectivity index (χ1) is 9.19. The standard InChI is InChI=1S/C14H9Cl2N3/c15-12-4-1-10(2-5-12)9-18-19-14-6-3-11(8-17)7-13(14)16/h1-7,9,19H/b18-9-. The Morgan fingerprint density at radius 2 is 1.84 bits per heavy atom. The molecule has 94 valence electrons. The normalized spacial score (nSPS) is 10.4. The molecule has 0 spiro atoms. The Labute approximate surface area is 121 Å². The fourth-order valence-corrected chi connectivity index (χ4v) is 1.75. The third-order valence-electron chi connectivity index (χ3n) is 2.37. The van der Waals surface area contributed by atoms with Crippen LogP contribution in [0.25, 0.3) is 0 Å². The van der Waals surface area contributed by atoms with Gasteiger partial charge in [-0.15, -0.1) is 0 Å². The lowest BCUT2D eigenvalue weighted by molar-refractivity contribution is 1.34. The highest BCUT2D eigenvalue weighted by molar-refractivity contribution is 6.33. The van der Waals surface area contributed by atoms with Crippen molar-refractivity contribution in [2.24, 2.45) is 5.10 Å². The molecule has 0 aliphatic heterocycles. The van der Waals surface area contributed by atoms with Gasteiger partial charge in [0.05, 0.1) is 28.6 Å². The number of rotatable bonds is 3. The van der Waals surface area contributed by atoms with E-state index in [0.717, 1.165) is 5.56 Å². The van der Waals surface area contributed by atoms with Crippen molar-refractivity contribution in [1.29, 1.82) is 5.26 Å². The molecule has 0 atom stereocenters. The van der Waals surface area contributed by atoms with E-state index in [1.54, 1.807) is 36.5 Å². The molecule has 5 heteroatoms. The first-order valence-electron chi connectivity index (χ1n) is 5.43. The summed E-state index contributed by atoms with van der Waals surface area (Å²) in [5.41, 5.74) is 4.90. The van der Waals surface area contributed by atoms with Gasteiger partial charge in [0, 0.05) is 5.02 Å². The van der Waals surface area contributed by atoms with Gasteiger partial charge in [0.25, 0.3) is 0 Å². The molecule has 2 aromatic rings. The molecule has 0 saturated heterocycles. The molecular weight excluding hydrogens is 281 g/mol. The van der Waals surface area contributed by atoms with E-state index < -0.39 is 0 Å². The fraction of sp³-hybridized carbons (Fsp3) is 0. The minimum Gasteiger partial charge on any atom is -0.277 e. The lowest BCUT2D eigenvalue weighted by Crippen LogP contribution is -1.91. The molecule has 0 bridgehead atoms. The van der Waals surface area contributed by atoms with Crippen molar-refractivity contribution < 1.29 is 0 Å². The van der Waals surface area contributed by atoms with E-state index in [-0.39, 0.29) is 0 Å². The third-order valence-corrected chi connectivity index (χ3v) is 2.93. The quantitative estimate of drug-likeness (QED) is 0.676. The second kappa shape index (κ2) is 6.24. The lowest BCUT2D eigenvalue weighted by Gasteiger charge is -2.03. The second-order valence-corrected chi connectivity index (χ2v) is 4.57. The minimum atomic E-state index is 0.451. The summed E-state index contributed by atoms with van der Waals surface area (Å²) in [7, 11) is 0. The Hall–Kier alpha value is -2.02. The summed E-state index contributed by atoms with van der Waals surface area (Å²) in [4.78, 5) is 0. The molecule has 0 aliphatic rings. The summed E-state index contributed by atoms with van der Waals surface area (Å²) in [6.45, 7) is 0. The molecule has 0 amide bonds. The van der Waals surface area contributed by atoms with Crippen LogP contribution in [0.2, 0.25) is 10.0 Å². The maximum absolute atomic E-state index is 8.73. The van der Waals surface area contributed by atoms with Crippen molar-refractivity contribution in [3.8, 4) is 6.07 Å². The van der Waals surface area contributed by atoms with Crippen molar-refractivity contribution in [3.63, 3.8) is 0 Å². The summed E-state index contributed by atoms with van der Waals surface area (Å²) >= 11 is 11.8. The Kier molecular flexibility index (Phi) is 4.40. The molecule has 19 heavy (non-hydrogen) atoms. The van der Waals surface area contributed by atoms with Gasteiger partial charge in [-0.05, 0) is 35.9 Å². The zero-order valence-electron chi connectivity index (χ0n) is 9.77.